The number of hydrogen-bond donors (Lipinski definition) is 1. The number of nitrogens with one attached hydrogen (secondary N) is 1. The number of anilines is 1. The lowest BCUT2D eigenvalue weighted by Gasteiger charge is -2.02. The largest absolute Gasteiger partial charge is 0.454 e. The van der Waals surface area contributed by atoms with Crippen LogP contribution in [0.15, 0.2) is 42.6 Å². The number of fused-ring (bicyclic) bond motifs is 1. The number of nitro benzene ring substituents is 2. The molecule has 3 aromatic rings. The topological polar surface area (TPSA) is 147 Å². The highest BCUT2D eigenvalue weighted by atomic mass is 32.1. The van der Waals surface area contributed by atoms with Crippen molar-refractivity contribution in [1.82, 2.24) is 4.98 Å². The molecule has 2 aromatic carbocycles. The Morgan fingerprint density at radius 2 is 1.77 bits per heavy atom. The molecule has 0 fully saturated rings. The van der Waals surface area contributed by atoms with Gasteiger partial charge in [0.25, 0.3) is 17.3 Å². The molecule has 2 heterocycles. The SMILES string of the molecule is O=C(Nc1ncc(Cc2ccc3c(c2)OCO3)s1)c1cc([N+](=O)[O-])cc([N+](=O)[O-])c1. The number of thiazole rings is 1. The normalized spacial score (nSPS) is 11.9. The van der Waals surface area contributed by atoms with Gasteiger partial charge < -0.3 is 9.47 Å². The van der Waals surface area contributed by atoms with E-state index in [2.05, 4.69) is 10.3 Å². The molecule has 1 aromatic heterocycles. The zero-order valence-corrected chi connectivity index (χ0v) is 15.9. The molecule has 1 amide bonds. The second-order valence-electron chi connectivity index (χ2n) is 6.20. The molecule has 12 heteroatoms. The van der Waals surface area contributed by atoms with Gasteiger partial charge in [-0.05, 0) is 17.7 Å². The average molecular weight is 428 g/mol. The standard InChI is InChI=1S/C18H12N4O7S/c23-17(11-5-12(21(24)25)7-13(6-11)22(26)27)20-18-19-8-14(30-18)3-10-1-2-15-16(4-10)29-9-28-15/h1-2,4-8H,3,9H2,(H,19,20,23). The molecule has 11 nitrogen and oxygen atoms in total. The van der Waals surface area contributed by atoms with E-state index in [4.69, 9.17) is 9.47 Å². The second-order valence-corrected chi connectivity index (χ2v) is 7.32. The number of carbonyl (C=O) groups is 1. The predicted octanol–water partition coefficient (Wildman–Crippen LogP) is 3.53. The first kappa shape index (κ1) is 19.3. The van der Waals surface area contributed by atoms with Gasteiger partial charge in [-0.1, -0.05) is 6.07 Å². The maximum absolute atomic E-state index is 12.4. The molecule has 0 saturated heterocycles. The van der Waals surface area contributed by atoms with Crippen molar-refractivity contribution in [2.45, 2.75) is 6.42 Å². The Kier molecular flexibility index (Phi) is 4.98. The van der Waals surface area contributed by atoms with Crippen LogP contribution in [0.5, 0.6) is 11.5 Å². The monoisotopic (exact) mass is 428 g/mol. The van der Waals surface area contributed by atoms with Gasteiger partial charge in [0, 0.05) is 29.6 Å². The van der Waals surface area contributed by atoms with Crippen molar-refractivity contribution in [1.29, 1.82) is 0 Å². The first-order valence-corrected chi connectivity index (χ1v) is 9.29. The van der Waals surface area contributed by atoms with Crippen LogP contribution in [-0.4, -0.2) is 27.5 Å². The number of rotatable bonds is 6. The van der Waals surface area contributed by atoms with E-state index >= 15 is 0 Å². The summed E-state index contributed by atoms with van der Waals surface area (Å²) in [5.41, 5.74) is -0.326. The third-order valence-electron chi connectivity index (χ3n) is 4.18. The smallest absolute Gasteiger partial charge is 0.277 e. The Morgan fingerprint density at radius 1 is 1.07 bits per heavy atom. The molecule has 0 spiro atoms. The third-order valence-corrected chi connectivity index (χ3v) is 5.09. The molecule has 1 aliphatic rings. The van der Waals surface area contributed by atoms with Crippen LogP contribution in [0.1, 0.15) is 20.8 Å². The number of nitro groups is 2. The van der Waals surface area contributed by atoms with E-state index in [1.807, 2.05) is 18.2 Å². The minimum Gasteiger partial charge on any atom is -0.454 e. The van der Waals surface area contributed by atoms with E-state index in [0.29, 0.717) is 17.9 Å². The van der Waals surface area contributed by atoms with Crippen molar-refractivity contribution < 1.29 is 24.1 Å². The summed E-state index contributed by atoms with van der Waals surface area (Å²) in [7, 11) is 0. The molecule has 0 saturated carbocycles. The molecule has 0 radical (unpaired) electrons. The van der Waals surface area contributed by atoms with Crippen LogP contribution in [0, 0.1) is 20.2 Å². The lowest BCUT2D eigenvalue weighted by Crippen LogP contribution is -2.12. The van der Waals surface area contributed by atoms with Gasteiger partial charge in [0.1, 0.15) is 0 Å². The van der Waals surface area contributed by atoms with Gasteiger partial charge in [-0.2, -0.15) is 0 Å². The number of ether oxygens (including phenoxy) is 2. The molecular weight excluding hydrogens is 416 g/mol. The van der Waals surface area contributed by atoms with Gasteiger partial charge in [-0.25, -0.2) is 4.98 Å². The lowest BCUT2D eigenvalue weighted by molar-refractivity contribution is -0.394. The van der Waals surface area contributed by atoms with Gasteiger partial charge >= 0.3 is 0 Å². The fourth-order valence-corrected chi connectivity index (χ4v) is 3.65. The summed E-state index contributed by atoms with van der Waals surface area (Å²) in [6.07, 6.45) is 2.15. The van der Waals surface area contributed by atoms with E-state index < -0.39 is 27.1 Å². The van der Waals surface area contributed by atoms with Crippen molar-refractivity contribution >= 4 is 33.8 Å². The summed E-state index contributed by atoms with van der Waals surface area (Å²) in [5, 5.41) is 24.7. The quantitative estimate of drug-likeness (QED) is 0.463. The minimum absolute atomic E-state index is 0.186. The van der Waals surface area contributed by atoms with Crippen LogP contribution < -0.4 is 14.8 Å². The number of amides is 1. The van der Waals surface area contributed by atoms with Crippen LogP contribution >= 0.6 is 11.3 Å². The van der Waals surface area contributed by atoms with Crippen molar-refractivity contribution in [3.05, 3.63) is 78.8 Å². The zero-order chi connectivity index (χ0) is 21.3. The Bertz CT molecular complexity index is 1140. The van der Waals surface area contributed by atoms with Crippen molar-refractivity contribution in [3.8, 4) is 11.5 Å². The molecule has 0 aliphatic carbocycles. The summed E-state index contributed by atoms with van der Waals surface area (Å²) in [5.74, 6) is 0.616. The van der Waals surface area contributed by atoms with Crippen LogP contribution in [0.4, 0.5) is 16.5 Å². The van der Waals surface area contributed by atoms with E-state index in [1.165, 1.54) is 11.3 Å². The molecule has 30 heavy (non-hydrogen) atoms. The van der Waals surface area contributed by atoms with Crippen LogP contribution in [-0.2, 0) is 6.42 Å². The van der Waals surface area contributed by atoms with Gasteiger partial charge in [0.15, 0.2) is 16.6 Å². The minimum atomic E-state index is -0.795. The lowest BCUT2D eigenvalue weighted by atomic mass is 10.1. The molecule has 0 bridgehead atoms. The molecular formula is C18H12N4O7S. The molecule has 1 aliphatic heterocycles. The zero-order valence-electron chi connectivity index (χ0n) is 15.1. The van der Waals surface area contributed by atoms with Gasteiger partial charge in [-0.3, -0.25) is 30.3 Å². The third kappa shape index (κ3) is 4.03. The fraction of sp³-hybridized carbons (Fsp3) is 0.111. The number of nitrogens with zero attached hydrogens (tertiary/aromatic N) is 3. The second kappa shape index (κ2) is 7.75. The Hall–Kier alpha value is -4.06. The highest BCUT2D eigenvalue weighted by molar-refractivity contribution is 7.15. The first-order chi connectivity index (χ1) is 14.4. The fourth-order valence-electron chi connectivity index (χ4n) is 2.81. The molecule has 0 atom stereocenters. The number of carbonyl (C=O) groups excluding carboxylic acids is 1. The molecule has 152 valence electrons. The average Bonchev–Trinajstić information content (AvgIpc) is 3.36. The number of aromatic nitrogens is 1. The van der Waals surface area contributed by atoms with Crippen LogP contribution in [0.25, 0.3) is 0 Å². The van der Waals surface area contributed by atoms with Crippen molar-refractivity contribution in [3.63, 3.8) is 0 Å². The Morgan fingerprint density at radius 3 is 2.47 bits per heavy atom. The Labute approximate surface area is 172 Å². The van der Waals surface area contributed by atoms with Gasteiger partial charge in [0.2, 0.25) is 6.79 Å². The molecule has 4 rings (SSSR count). The number of non-ortho nitro benzene ring substituents is 2. The van der Waals surface area contributed by atoms with Crippen LogP contribution in [0.2, 0.25) is 0 Å². The number of benzene rings is 2. The summed E-state index contributed by atoms with van der Waals surface area (Å²) in [4.78, 5) is 37.8. The molecule has 0 unspecified atom stereocenters. The Balaban J connectivity index is 1.49. The highest BCUT2D eigenvalue weighted by Crippen LogP contribution is 2.34. The first-order valence-electron chi connectivity index (χ1n) is 8.47. The summed E-state index contributed by atoms with van der Waals surface area (Å²) in [6.45, 7) is 0.186. The van der Waals surface area contributed by atoms with E-state index in [9.17, 15) is 25.0 Å². The molecule has 1 N–H and O–H groups in total. The highest BCUT2D eigenvalue weighted by Gasteiger charge is 2.21. The van der Waals surface area contributed by atoms with Crippen LogP contribution in [0.3, 0.4) is 0 Å². The summed E-state index contributed by atoms with van der Waals surface area (Å²) < 4.78 is 10.6. The van der Waals surface area contributed by atoms with Crippen molar-refractivity contribution in [2.24, 2.45) is 0 Å². The summed E-state index contributed by atoms with van der Waals surface area (Å²) in [6, 6.07) is 8.32. The van der Waals surface area contributed by atoms with Gasteiger partial charge in [-0.15, -0.1) is 11.3 Å². The maximum Gasteiger partial charge on any atom is 0.277 e. The predicted molar refractivity (Wildman–Crippen MR) is 105 cm³/mol. The van der Waals surface area contributed by atoms with E-state index in [-0.39, 0.29) is 17.5 Å². The van der Waals surface area contributed by atoms with Gasteiger partial charge in [0.05, 0.1) is 21.5 Å². The summed E-state index contributed by atoms with van der Waals surface area (Å²) >= 11 is 1.22. The van der Waals surface area contributed by atoms with E-state index in [1.54, 1.807) is 6.20 Å². The van der Waals surface area contributed by atoms with E-state index in [0.717, 1.165) is 28.6 Å². The van der Waals surface area contributed by atoms with Crippen molar-refractivity contribution in [2.75, 3.05) is 12.1 Å². The number of hydrogen-bond acceptors (Lipinski definition) is 9. The maximum atomic E-state index is 12.4.